The van der Waals surface area contributed by atoms with Crippen molar-refractivity contribution < 1.29 is 14.4 Å². The number of carbonyl (C=O) groups excluding carboxylic acids is 3. The Balaban J connectivity index is 2.40. The van der Waals surface area contributed by atoms with Crippen molar-refractivity contribution >= 4 is 44.3 Å². The minimum absolute atomic E-state index is 0.0389. The van der Waals surface area contributed by atoms with Crippen molar-refractivity contribution in [1.29, 1.82) is 0 Å². The minimum atomic E-state index is -0.769. The summed E-state index contributed by atoms with van der Waals surface area (Å²) in [5.74, 6) is -0.637. The molecule has 0 unspecified atom stereocenters. The number of hydrogen-bond donors (Lipinski definition) is 0. The molecule has 5 heteroatoms. The lowest BCUT2D eigenvalue weighted by Gasteiger charge is -2.19. The molecular formula is C15H6BrClO3. The topological polar surface area (TPSA) is 51.2 Å². The fraction of sp³-hybridized carbons (Fsp3) is 0. The van der Waals surface area contributed by atoms with Gasteiger partial charge in [0.15, 0.2) is 11.6 Å². The lowest BCUT2D eigenvalue weighted by Crippen LogP contribution is -2.23. The van der Waals surface area contributed by atoms with Crippen molar-refractivity contribution in [2.45, 2.75) is 0 Å². The Kier molecular flexibility index (Phi) is 3.07. The first-order chi connectivity index (χ1) is 9.52. The summed E-state index contributed by atoms with van der Waals surface area (Å²) in [6.07, 6.45) is 0. The summed E-state index contributed by atoms with van der Waals surface area (Å²) in [4.78, 5) is 36.5. The van der Waals surface area contributed by atoms with Crippen LogP contribution in [0.1, 0.15) is 42.2 Å². The van der Waals surface area contributed by atoms with Crippen molar-refractivity contribution in [3.8, 4) is 0 Å². The van der Waals surface area contributed by atoms with Gasteiger partial charge < -0.3 is 0 Å². The van der Waals surface area contributed by atoms with Crippen LogP contribution >= 0.6 is 27.5 Å². The van der Waals surface area contributed by atoms with Crippen LogP contribution < -0.4 is 0 Å². The van der Waals surface area contributed by atoms with E-state index in [-0.39, 0.29) is 28.3 Å². The van der Waals surface area contributed by atoms with Crippen molar-refractivity contribution in [2.75, 3.05) is 0 Å². The molecule has 3 rings (SSSR count). The second-order valence-corrected chi connectivity index (χ2v) is 5.52. The van der Waals surface area contributed by atoms with Crippen LogP contribution in [0.5, 0.6) is 0 Å². The average molecular weight is 350 g/mol. The molecule has 0 saturated carbocycles. The predicted molar refractivity (Wildman–Crippen MR) is 77.6 cm³/mol. The lowest BCUT2D eigenvalue weighted by atomic mass is 9.82. The van der Waals surface area contributed by atoms with Gasteiger partial charge in [-0.05, 0) is 39.7 Å². The first kappa shape index (κ1) is 13.2. The zero-order chi connectivity index (χ0) is 14.4. The van der Waals surface area contributed by atoms with E-state index >= 15 is 0 Å². The van der Waals surface area contributed by atoms with Gasteiger partial charge in [0.2, 0.25) is 0 Å². The molecule has 2 aromatic rings. The molecule has 0 radical (unpaired) electrons. The number of fused-ring (bicyclic) bond motifs is 2. The molecule has 1 aliphatic carbocycles. The fourth-order valence-electron chi connectivity index (χ4n) is 2.35. The van der Waals surface area contributed by atoms with Crippen molar-refractivity contribution in [2.24, 2.45) is 0 Å². The second-order valence-electron chi connectivity index (χ2n) is 4.32. The highest BCUT2D eigenvalue weighted by Crippen LogP contribution is 2.33. The monoisotopic (exact) mass is 348 g/mol. The van der Waals surface area contributed by atoms with Crippen molar-refractivity contribution in [1.82, 2.24) is 0 Å². The third-order valence-electron chi connectivity index (χ3n) is 3.24. The van der Waals surface area contributed by atoms with Gasteiger partial charge in [-0.3, -0.25) is 14.4 Å². The van der Waals surface area contributed by atoms with E-state index in [9.17, 15) is 14.4 Å². The molecule has 1 aliphatic rings. The molecule has 2 aromatic carbocycles. The first-order valence-electron chi connectivity index (χ1n) is 5.73. The van der Waals surface area contributed by atoms with Crippen LogP contribution in [-0.2, 0) is 0 Å². The maximum absolute atomic E-state index is 12.5. The average Bonchev–Trinajstić information content (AvgIpc) is 2.44. The molecule has 98 valence electrons. The SMILES string of the molecule is O=C1c2ccccc2C(=O)c2c1ccc(Br)c2C(=O)Cl. The molecular weight excluding hydrogens is 344 g/mol. The number of hydrogen-bond acceptors (Lipinski definition) is 3. The number of halogens is 2. The fourth-order valence-corrected chi connectivity index (χ4v) is 3.17. The molecule has 0 heterocycles. The first-order valence-corrected chi connectivity index (χ1v) is 6.90. The summed E-state index contributed by atoms with van der Waals surface area (Å²) >= 11 is 8.75. The van der Waals surface area contributed by atoms with Crippen LogP contribution in [-0.4, -0.2) is 16.8 Å². The van der Waals surface area contributed by atoms with E-state index in [1.807, 2.05) is 0 Å². The summed E-state index contributed by atoms with van der Waals surface area (Å²) in [6.45, 7) is 0. The van der Waals surface area contributed by atoms with Crippen LogP contribution in [0.4, 0.5) is 0 Å². The summed E-state index contributed by atoms with van der Waals surface area (Å²) < 4.78 is 0.400. The molecule has 0 N–H and O–H groups in total. The Morgan fingerprint density at radius 2 is 1.50 bits per heavy atom. The van der Waals surface area contributed by atoms with E-state index in [0.29, 0.717) is 15.6 Å². The van der Waals surface area contributed by atoms with Crippen LogP contribution in [0.25, 0.3) is 0 Å². The molecule has 0 saturated heterocycles. The number of carbonyl (C=O) groups is 3. The van der Waals surface area contributed by atoms with Crippen LogP contribution in [0, 0.1) is 0 Å². The van der Waals surface area contributed by atoms with E-state index in [1.54, 1.807) is 30.3 Å². The summed E-state index contributed by atoms with van der Waals surface area (Å²) in [6, 6.07) is 9.62. The Bertz CT molecular complexity index is 796. The van der Waals surface area contributed by atoms with Gasteiger partial charge in [-0.15, -0.1) is 0 Å². The van der Waals surface area contributed by atoms with Gasteiger partial charge in [-0.25, -0.2) is 0 Å². The van der Waals surface area contributed by atoms with Crippen molar-refractivity contribution in [3.05, 3.63) is 68.7 Å². The molecule has 0 atom stereocenters. The quantitative estimate of drug-likeness (QED) is 0.631. The Morgan fingerprint density at radius 1 is 0.900 bits per heavy atom. The van der Waals surface area contributed by atoms with Gasteiger partial charge in [-0.1, -0.05) is 24.3 Å². The smallest absolute Gasteiger partial charge is 0.254 e. The van der Waals surface area contributed by atoms with Crippen LogP contribution in [0.2, 0.25) is 0 Å². The molecule has 0 bridgehead atoms. The normalized spacial score (nSPS) is 12.9. The standard InChI is InChI=1S/C15H6BrClO3/c16-10-6-5-9-11(12(10)15(17)20)14(19)8-4-2-1-3-7(8)13(9)18/h1-6H. The van der Waals surface area contributed by atoms with Gasteiger partial charge in [0.05, 0.1) is 5.56 Å². The summed E-state index contributed by atoms with van der Waals surface area (Å²) in [5, 5.41) is -0.769. The molecule has 3 nitrogen and oxygen atoms in total. The van der Waals surface area contributed by atoms with Crippen LogP contribution in [0.3, 0.4) is 0 Å². The van der Waals surface area contributed by atoms with E-state index in [1.165, 1.54) is 6.07 Å². The zero-order valence-corrected chi connectivity index (χ0v) is 12.3. The Morgan fingerprint density at radius 3 is 2.10 bits per heavy atom. The number of ketones is 2. The molecule has 0 fully saturated rings. The summed E-state index contributed by atoms with van der Waals surface area (Å²) in [5.41, 5.74) is 0.962. The predicted octanol–water partition coefficient (Wildman–Crippen LogP) is 3.60. The second kappa shape index (κ2) is 4.65. The zero-order valence-electron chi connectivity index (χ0n) is 9.94. The highest BCUT2D eigenvalue weighted by molar-refractivity contribution is 9.10. The third kappa shape index (κ3) is 1.76. The molecule has 20 heavy (non-hydrogen) atoms. The largest absolute Gasteiger partial charge is 0.289 e. The van der Waals surface area contributed by atoms with E-state index in [2.05, 4.69) is 15.9 Å². The molecule has 0 aliphatic heterocycles. The molecule has 0 aromatic heterocycles. The summed E-state index contributed by atoms with van der Waals surface area (Å²) in [7, 11) is 0. The van der Waals surface area contributed by atoms with Gasteiger partial charge in [0, 0.05) is 26.7 Å². The van der Waals surface area contributed by atoms with Gasteiger partial charge in [0.25, 0.3) is 5.24 Å². The van der Waals surface area contributed by atoms with Gasteiger partial charge in [-0.2, -0.15) is 0 Å². The van der Waals surface area contributed by atoms with Crippen LogP contribution in [0.15, 0.2) is 40.9 Å². The Hall–Kier alpha value is -1.78. The Labute approximate surface area is 127 Å². The third-order valence-corrected chi connectivity index (χ3v) is 4.09. The molecule has 0 amide bonds. The maximum Gasteiger partial charge on any atom is 0.254 e. The van der Waals surface area contributed by atoms with Gasteiger partial charge in [0.1, 0.15) is 0 Å². The van der Waals surface area contributed by atoms with E-state index in [0.717, 1.165) is 0 Å². The lowest BCUT2D eigenvalue weighted by molar-refractivity contribution is 0.0974. The number of rotatable bonds is 1. The van der Waals surface area contributed by atoms with E-state index < -0.39 is 5.24 Å². The van der Waals surface area contributed by atoms with Crippen molar-refractivity contribution in [3.63, 3.8) is 0 Å². The number of benzene rings is 2. The van der Waals surface area contributed by atoms with E-state index in [4.69, 9.17) is 11.6 Å². The highest BCUT2D eigenvalue weighted by Gasteiger charge is 2.33. The van der Waals surface area contributed by atoms with Gasteiger partial charge >= 0.3 is 0 Å². The maximum atomic E-state index is 12.5. The molecule has 0 spiro atoms. The minimum Gasteiger partial charge on any atom is -0.289 e. The highest BCUT2D eigenvalue weighted by atomic mass is 79.9.